The summed E-state index contributed by atoms with van der Waals surface area (Å²) in [5.41, 5.74) is -0.381. The van der Waals surface area contributed by atoms with Crippen molar-refractivity contribution in [1.82, 2.24) is 9.62 Å². The van der Waals surface area contributed by atoms with Crippen molar-refractivity contribution in [3.05, 3.63) is 29.8 Å². The first-order valence-corrected chi connectivity index (χ1v) is 6.87. The van der Waals surface area contributed by atoms with Crippen molar-refractivity contribution >= 4 is 15.9 Å². The molecule has 2 N–H and O–H groups in total. The molecule has 1 aromatic rings. The lowest BCUT2D eigenvalue weighted by atomic mass is 10.3. The molecule has 1 aliphatic heterocycles. The average Bonchev–Trinajstić information content (AvgIpc) is 2.36. The normalized spacial score (nSPS) is 17.7. The summed E-state index contributed by atoms with van der Waals surface area (Å²) in [4.78, 5) is 0. The smallest absolute Gasteiger partial charge is 0.301 e. The molecule has 1 aromatic carbocycles. The summed E-state index contributed by atoms with van der Waals surface area (Å²) in [6, 6.07) is 3.35. The number of benzene rings is 1. The van der Waals surface area contributed by atoms with Crippen molar-refractivity contribution in [1.29, 1.82) is 0 Å². The molecule has 0 aliphatic carbocycles. The molecule has 1 fully saturated rings. The maximum atomic E-state index is 13.4. The molecular weight excluding hydrogens is 264 g/mol. The lowest BCUT2D eigenvalue weighted by molar-refractivity contribution is 0.362. The molecule has 0 unspecified atom stereocenters. The highest BCUT2D eigenvalue weighted by molar-refractivity contribution is 7.90. The van der Waals surface area contributed by atoms with Gasteiger partial charge in [-0.2, -0.15) is 12.7 Å². The molecule has 0 spiro atoms. The Balaban J connectivity index is 2.19. The highest BCUT2D eigenvalue weighted by Crippen LogP contribution is 2.19. The first kappa shape index (κ1) is 13.2. The standard InChI is InChI=1S/C10H13F2N3O2S/c11-8-2-1-3-9(10(8)12)14-18(16,17)15-6-4-13-5-7-15/h1-3,13-14H,4-7H2. The fourth-order valence-electron chi connectivity index (χ4n) is 1.67. The van der Waals surface area contributed by atoms with E-state index in [1.54, 1.807) is 0 Å². The van der Waals surface area contributed by atoms with E-state index in [2.05, 4.69) is 10.0 Å². The molecule has 18 heavy (non-hydrogen) atoms. The molecule has 0 saturated carbocycles. The molecule has 0 atom stereocenters. The Morgan fingerprint density at radius 2 is 1.89 bits per heavy atom. The fourth-order valence-corrected chi connectivity index (χ4v) is 2.90. The number of hydrogen-bond donors (Lipinski definition) is 2. The van der Waals surface area contributed by atoms with E-state index in [-0.39, 0.29) is 5.69 Å². The topological polar surface area (TPSA) is 61.4 Å². The number of hydrogen-bond acceptors (Lipinski definition) is 3. The van der Waals surface area contributed by atoms with Gasteiger partial charge in [0, 0.05) is 26.2 Å². The van der Waals surface area contributed by atoms with Crippen LogP contribution in [0.2, 0.25) is 0 Å². The molecule has 0 amide bonds. The van der Waals surface area contributed by atoms with Gasteiger partial charge in [-0.25, -0.2) is 8.78 Å². The third-order valence-electron chi connectivity index (χ3n) is 2.61. The molecule has 8 heteroatoms. The van der Waals surface area contributed by atoms with Gasteiger partial charge in [-0.05, 0) is 12.1 Å². The Hall–Kier alpha value is -1.25. The average molecular weight is 277 g/mol. The maximum Gasteiger partial charge on any atom is 0.301 e. The Bertz CT molecular complexity index is 530. The molecule has 0 bridgehead atoms. The van der Waals surface area contributed by atoms with Crippen molar-refractivity contribution in [2.24, 2.45) is 0 Å². The van der Waals surface area contributed by atoms with Gasteiger partial charge in [0.05, 0.1) is 5.69 Å². The van der Waals surface area contributed by atoms with E-state index in [0.29, 0.717) is 26.2 Å². The van der Waals surface area contributed by atoms with Gasteiger partial charge in [-0.15, -0.1) is 0 Å². The lowest BCUT2D eigenvalue weighted by Crippen LogP contribution is -2.48. The third kappa shape index (κ3) is 2.77. The van der Waals surface area contributed by atoms with Gasteiger partial charge < -0.3 is 5.32 Å². The summed E-state index contributed by atoms with van der Waals surface area (Å²) in [7, 11) is -3.84. The quantitative estimate of drug-likeness (QED) is 0.847. The number of anilines is 1. The van der Waals surface area contributed by atoms with Gasteiger partial charge in [0.1, 0.15) is 0 Å². The Morgan fingerprint density at radius 1 is 1.22 bits per heavy atom. The van der Waals surface area contributed by atoms with Crippen LogP contribution in [0.3, 0.4) is 0 Å². The van der Waals surface area contributed by atoms with E-state index in [1.165, 1.54) is 16.4 Å². The zero-order valence-corrected chi connectivity index (χ0v) is 10.3. The molecule has 2 rings (SSSR count). The summed E-state index contributed by atoms with van der Waals surface area (Å²) in [5, 5.41) is 3.00. The van der Waals surface area contributed by atoms with E-state index in [9.17, 15) is 17.2 Å². The summed E-state index contributed by atoms with van der Waals surface area (Å²) in [6.45, 7) is 1.66. The van der Waals surface area contributed by atoms with Gasteiger partial charge in [0.2, 0.25) is 0 Å². The van der Waals surface area contributed by atoms with E-state index >= 15 is 0 Å². The van der Waals surface area contributed by atoms with Crippen LogP contribution in [-0.4, -0.2) is 38.9 Å². The van der Waals surface area contributed by atoms with Gasteiger partial charge in [0.15, 0.2) is 11.6 Å². The molecular formula is C10H13F2N3O2S. The van der Waals surface area contributed by atoms with Crippen molar-refractivity contribution in [3.63, 3.8) is 0 Å². The van der Waals surface area contributed by atoms with Gasteiger partial charge in [-0.3, -0.25) is 4.72 Å². The highest BCUT2D eigenvalue weighted by Gasteiger charge is 2.24. The summed E-state index contributed by atoms with van der Waals surface area (Å²) in [6.07, 6.45) is 0. The predicted molar refractivity (Wildman–Crippen MR) is 63.3 cm³/mol. The second-order valence-corrected chi connectivity index (χ2v) is 5.53. The first-order chi connectivity index (χ1) is 8.50. The lowest BCUT2D eigenvalue weighted by Gasteiger charge is -2.26. The molecule has 1 saturated heterocycles. The summed E-state index contributed by atoms with van der Waals surface area (Å²) < 4.78 is 53.4. The minimum atomic E-state index is -3.84. The third-order valence-corrected chi connectivity index (χ3v) is 4.13. The minimum absolute atomic E-state index is 0.298. The largest absolute Gasteiger partial charge is 0.314 e. The van der Waals surface area contributed by atoms with Crippen molar-refractivity contribution < 1.29 is 17.2 Å². The van der Waals surface area contributed by atoms with Crippen LogP contribution in [0, 0.1) is 11.6 Å². The van der Waals surface area contributed by atoms with Crippen molar-refractivity contribution in [2.45, 2.75) is 0 Å². The fraction of sp³-hybridized carbons (Fsp3) is 0.400. The molecule has 1 heterocycles. The van der Waals surface area contributed by atoms with Crippen LogP contribution in [0.5, 0.6) is 0 Å². The van der Waals surface area contributed by atoms with E-state index in [1.807, 2.05) is 0 Å². The van der Waals surface area contributed by atoms with Crippen LogP contribution in [0.4, 0.5) is 14.5 Å². The minimum Gasteiger partial charge on any atom is -0.314 e. The Morgan fingerprint density at radius 3 is 2.56 bits per heavy atom. The molecule has 5 nitrogen and oxygen atoms in total. The zero-order chi connectivity index (χ0) is 13.2. The van der Waals surface area contributed by atoms with Crippen molar-refractivity contribution in [3.8, 4) is 0 Å². The van der Waals surface area contributed by atoms with Crippen LogP contribution in [0.1, 0.15) is 0 Å². The summed E-state index contributed by atoms with van der Waals surface area (Å²) in [5.74, 6) is -2.29. The first-order valence-electron chi connectivity index (χ1n) is 5.43. The van der Waals surface area contributed by atoms with E-state index in [0.717, 1.165) is 6.07 Å². The van der Waals surface area contributed by atoms with Crippen LogP contribution in [0.15, 0.2) is 18.2 Å². The molecule has 100 valence electrons. The second kappa shape index (κ2) is 5.17. The molecule has 0 radical (unpaired) electrons. The number of piperazine rings is 1. The van der Waals surface area contributed by atoms with E-state index < -0.39 is 21.8 Å². The van der Waals surface area contributed by atoms with Crippen LogP contribution >= 0.6 is 0 Å². The van der Waals surface area contributed by atoms with E-state index in [4.69, 9.17) is 0 Å². The van der Waals surface area contributed by atoms with Crippen molar-refractivity contribution in [2.75, 3.05) is 30.9 Å². The zero-order valence-electron chi connectivity index (χ0n) is 9.49. The van der Waals surface area contributed by atoms with Crippen LogP contribution < -0.4 is 10.0 Å². The molecule has 1 aliphatic rings. The second-order valence-electron chi connectivity index (χ2n) is 3.86. The van der Waals surface area contributed by atoms with Crippen LogP contribution in [0.25, 0.3) is 0 Å². The highest BCUT2D eigenvalue weighted by atomic mass is 32.2. The Labute approximate surface area is 104 Å². The monoisotopic (exact) mass is 277 g/mol. The van der Waals surface area contributed by atoms with Gasteiger partial charge in [0.25, 0.3) is 0 Å². The van der Waals surface area contributed by atoms with Gasteiger partial charge >= 0.3 is 10.2 Å². The number of halogens is 2. The summed E-state index contributed by atoms with van der Waals surface area (Å²) >= 11 is 0. The van der Waals surface area contributed by atoms with Crippen LogP contribution in [-0.2, 0) is 10.2 Å². The number of rotatable bonds is 3. The number of nitrogens with zero attached hydrogens (tertiary/aromatic N) is 1. The number of nitrogens with one attached hydrogen (secondary N) is 2. The van der Waals surface area contributed by atoms with Gasteiger partial charge in [-0.1, -0.05) is 6.07 Å². The maximum absolute atomic E-state index is 13.4. The Kier molecular flexibility index (Phi) is 3.79. The predicted octanol–water partition coefficient (Wildman–Crippen LogP) is 0.527. The molecule has 0 aromatic heterocycles. The SMILES string of the molecule is O=S(=O)(Nc1cccc(F)c1F)N1CCNCC1.